The van der Waals surface area contributed by atoms with Crippen molar-refractivity contribution in [3.63, 3.8) is 0 Å². The number of pyridine rings is 1. The molecule has 0 atom stereocenters. The summed E-state index contributed by atoms with van der Waals surface area (Å²) in [5, 5.41) is 3.55. The molecule has 1 N–H and O–H groups in total. The molecule has 0 spiro atoms. The van der Waals surface area contributed by atoms with Gasteiger partial charge in [-0.15, -0.1) is 0 Å². The van der Waals surface area contributed by atoms with Crippen molar-refractivity contribution in [2.24, 2.45) is 0 Å². The number of rotatable bonds is 6. The number of carbonyl (C=O) groups excluding carboxylic acids is 1. The van der Waals surface area contributed by atoms with Crippen LogP contribution in [0.25, 0.3) is 5.65 Å². The molecule has 2 aromatic carbocycles. The third kappa shape index (κ3) is 5.50. The van der Waals surface area contributed by atoms with Crippen LogP contribution in [0.4, 0.5) is 13.2 Å². The molecular formula is C28H26ClF3N4O. The van der Waals surface area contributed by atoms with E-state index in [4.69, 9.17) is 11.6 Å². The Morgan fingerprint density at radius 2 is 1.81 bits per heavy atom. The molecule has 1 aliphatic heterocycles. The van der Waals surface area contributed by atoms with Crippen molar-refractivity contribution in [1.82, 2.24) is 19.6 Å². The Morgan fingerprint density at radius 3 is 2.54 bits per heavy atom. The van der Waals surface area contributed by atoms with E-state index in [0.29, 0.717) is 35.9 Å². The number of carbonyl (C=O) groups is 1. The maximum Gasteiger partial charge on any atom is 0.416 e. The second-order valence-electron chi connectivity index (χ2n) is 9.28. The van der Waals surface area contributed by atoms with Crippen LogP contribution >= 0.6 is 11.6 Å². The van der Waals surface area contributed by atoms with Crippen LogP contribution in [0.2, 0.25) is 5.02 Å². The van der Waals surface area contributed by atoms with Crippen molar-refractivity contribution in [3.8, 4) is 0 Å². The fourth-order valence-corrected chi connectivity index (χ4v) is 4.95. The highest BCUT2D eigenvalue weighted by Gasteiger charge is 2.30. The predicted molar refractivity (Wildman–Crippen MR) is 136 cm³/mol. The molecule has 1 aliphatic rings. The first-order chi connectivity index (χ1) is 17.7. The summed E-state index contributed by atoms with van der Waals surface area (Å²) in [6, 6.07) is 15.1. The van der Waals surface area contributed by atoms with E-state index in [1.54, 1.807) is 34.9 Å². The van der Waals surface area contributed by atoms with Crippen LogP contribution in [0.3, 0.4) is 0 Å². The van der Waals surface area contributed by atoms with Crippen molar-refractivity contribution in [2.75, 3.05) is 6.54 Å². The van der Waals surface area contributed by atoms with E-state index in [0.717, 1.165) is 48.5 Å². The molecule has 37 heavy (non-hydrogen) atoms. The van der Waals surface area contributed by atoms with Crippen LogP contribution in [0.15, 0.2) is 60.8 Å². The zero-order valence-corrected chi connectivity index (χ0v) is 21.0. The minimum Gasteiger partial charge on any atom is -0.347 e. The molecule has 0 saturated heterocycles. The number of halogens is 4. The molecule has 5 rings (SSSR count). The molecule has 5 nitrogen and oxygen atoms in total. The quantitative estimate of drug-likeness (QED) is 0.332. The van der Waals surface area contributed by atoms with Crippen molar-refractivity contribution in [3.05, 3.63) is 105 Å². The van der Waals surface area contributed by atoms with Gasteiger partial charge in [-0.3, -0.25) is 14.1 Å². The summed E-state index contributed by atoms with van der Waals surface area (Å²) >= 11 is 6.14. The SMILES string of the molecule is CCc1nc2ccc(Cl)cn2c1C(=O)NCc1ccc2c(c1)CCN(Cc1ccc(C(F)(F)F)cc1)C2. The lowest BCUT2D eigenvalue weighted by Crippen LogP contribution is -2.30. The summed E-state index contributed by atoms with van der Waals surface area (Å²) in [5.74, 6) is -0.202. The van der Waals surface area contributed by atoms with Crippen LogP contribution < -0.4 is 5.32 Å². The lowest BCUT2D eigenvalue weighted by Gasteiger charge is -2.29. The van der Waals surface area contributed by atoms with E-state index >= 15 is 0 Å². The van der Waals surface area contributed by atoms with Crippen molar-refractivity contribution < 1.29 is 18.0 Å². The fraction of sp³-hybridized carbons (Fsp3) is 0.286. The average Bonchev–Trinajstić information content (AvgIpc) is 3.25. The monoisotopic (exact) mass is 526 g/mol. The second kappa shape index (κ2) is 10.2. The van der Waals surface area contributed by atoms with E-state index in [2.05, 4.69) is 27.3 Å². The predicted octanol–water partition coefficient (Wildman–Crippen LogP) is 6.06. The zero-order valence-electron chi connectivity index (χ0n) is 20.3. The van der Waals surface area contributed by atoms with Gasteiger partial charge in [-0.1, -0.05) is 48.9 Å². The Balaban J connectivity index is 1.23. The molecule has 3 heterocycles. The number of nitrogens with one attached hydrogen (secondary N) is 1. The topological polar surface area (TPSA) is 49.6 Å². The summed E-state index contributed by atoms with van der Waals surface area (Å²) in [4.78, 5) is 19.9. The van der Waals surface area contributed by atoms with Gasteiger partial charge in [0, 0.05) is 32.4 Å². The molecule has 4 aromatic rings. The van der Waals surface area contributed by atoms with Gasteiger partial charge in [-0.2, -0.15) is 13.2 Å². The van der Waals surface area contributed by atoms with Gasteiger partial charge in [0.05, 0.1) is 16.3 Å². The highest BCUT2D eigenvalue weighted by atomic mass is 35.5. The number of hydrogen-bond acceptors (Lipinski definition) is 3. The fourth-order valence-electron chi connectivity index (χ4n) is 4.79. The third-order valence-corrected chi connectivity index (χ3v) is 6.93. The molecule has 0 aliphatic carbocycles. The van der Waals surface area contributed by atoms with Crippen molar-refractivity contribution >= 4 is 23.2 Å². The summed E-state index contributed by atoms with van der Waals surface area (Å²) in [6.07, 6.45) is -1.15. The number of aryl methyl sites for hydroxylation is 1. The smallest absolute Gasteiger partial charge is 0.347 e. The summed E-state index contributed by atoms with van der Waals surface area (Å²) in [5.41, 5.74) is 5.56. The van der Waals surface area contributed by atoms with Gasteiger partial charge >= 0.3 is 6.18 Å². The first kappa shape index (κ1) is 25.3. The zero-order chi connectivity index (χ0) is 26.2. The van der Waals surface area contributed by atoms with Gasteiger partial charge in [0.25, 0.3) is 5.91 Å². The number of hydrogen-bond donors (Lipinski definition) is 1. The lowest BCUT2D eigenvalue weighted by atomic mass is 9.96. The minimum atomic E-state index is -4.32. The number of aromatic nitrogens is 2. The lowest BCUT2D eigenvalue weighted by molar-refractivity contribution is -0.137. The largest absolute Gasteiger partial charge is 0.416 e. The van der Waals surface area contributed by atoms with Crippen molar-refractivity contribution in [1.29, 1.82) is 0 Å². The first-order valence-corrected chi connectivity index (χ1v) is 12.5. The molecule has 2 aromatic heterocycles. The average molecular weight is 527 g/mol. The Labute approximate surface area is 217 Å². The number of amides is 1. The van der Waals surface area contributed by atoms with E-state index in [1.165, 1.54) is 11.1 Å². The van der Waals surface area contributed by atoms with Crippen LogP contribution in [0.5, 0.6) is 0 Å². The normalized spacial score (nSPS) is 14.1. The van der Waals surface area contributed by atoms with Gasteiger partial charge in [0.2, 0.25) is 0 Å². The van der Waals surface area contributed by atoms with Crippen LogP contribution in [-0.2, 0) is 38.7 Å². The van der Waals surface area contributed by atoms with Crippen molar-refractivity contribution in [2.45, 2.75) is 45.6 Å². The molecule has 0 fully saturated rings. The maximum atomic E-state index is 13.1. The number of nitrogens with zero attached hydrogens (tertiary/aromatic N) is 3. The molecule has 0 saturated carbocycles. The molecule has 192 valence electrons. The highest BCUT2D eigenvalue weighted by molar-refractivity contribution is 6.30. The Morgan fingerprint density at radius 1 is 1.05 bits per heavy atom. The molecule has 0 unspecified atom stereocenters. The molecule has 0 bridgehead atoms. The van der Waals surface area contributed by atoms with E-state index < -0.39 is 11.7 Å². The number of imidazole rings is 1. The maximum absolute atomic E-state index is 13.1. The number of alkyl halides is 3. The minimum absolute atomic E-state index is 0.202. The second-order valence-corrected chi connectivity index (χ2v) is 9.71. The van der Waals surface area contributed by atoms with Gasteiger partial charge in [-0.25, -0.2) is 4.98 Å². The standard InChI is InChI=1S/C28H26ClF3N4O/c1-2-24-26(36-17-23(29)9-10-25(36)34-24)27(37)33-14-19-3-6-21-16-35(12-11-20(21)13-19)15-18-4-7-22(8-5-18)28(30,31)32/h3-10,13,17H,2,11-12,14-16H2,1H3,(H,33,37). The Bertz CT molecular complexity index is 1450. The van der Waals surface area contributed by atoms with E-state index in [9.17, 15) is 18.0 Å². The van der Waals surface area contributed by atoms with E-state index in [-0.39, 0.29) is 5.91 Å². The van der Waals surface area contributed by atoms with Gasteiger partial charge in [0.1, 0.15) is 11.3 Å². The molecule has 0 radical (unpaired) electrons. The Kier molecular flexibility index (Phi) is 6.96. The highest BCUT2D eigenvalue weighted by Crippen LogP contribution is 2.29. The van der Waals surface area contributed by atoms with Crippen LogP contribution in [0, 0.1) is 0 Å². The Hall–Kier alpha value is -3.36. The molecular weight excluding hydrogens is 501 g/mol. The van der Waals surface area contributed by atoms with Gasteiger partial charge < -0.3 is 5.32 Å². The van der Waals surface area contributed by atoms with Gasteiger partial charge in [0.15, 0.2) is 0 Å². The van der Waals surface area contributed by atoms with Crippen LogP contribution in [-0.4, -0.2) is 26.7 Å². The molecule has 9 heteroatoms. The summed E-state index contributed by atoms with van der Waals surface area (Å²) < 4.78 is 40.2. The third-order valence-electron chi connectivity index (χ3n) is 6.71. The van der Waals surface area contributed by atoms with Gasteiger partial charge in [-0.05, 0) is 59.4 Å². The van der Waals surface area contributed by atoms with E-state index in [1.807, 2.05) is 13.0 Å². The number of benzene rings is 2. The molecule has 1 amide bonds. The summed E-state index contributed by atoms with van der Waals surface area (Å²) in [6.45, 7) is 4.49. The summed E-state index contributed by atoms with van der Waals surface area (Å²) in [7, 11) is 0. The first-order valence-electron chi connectivity index (χ1n) is 12.1. The number of fused-ring (bicyclic) bond motifs is 2. The van der Waals surface area contributed by atoms with Crippen LogP contribution in [0.1, 0.15) is 50.9 Å².